The molecule has 0 radical (unpaired) electrons. The predicted octanol–water partition coefficient (Wildman–Crippen LogP) is 2.04. The number of rotatable bonds is 3. The number of nitrogens with one attached hydrogen (secondary N) is 1. The van der Waals surface area contributed by atoms with Crippen LogP contribution in [0.3, 0.4) is 0 Å². The molecular formula is C14H24N4O. The second kappa shape index (κ2) is 5.74. The minimum absolute atomic E-state index is 0.0220. The molecular weight excluding hydrogens is 240 g/mol. The molecule has 0 unspecified atom stereocenters. The molecule has 1 aromatic heterocycles. The Balaban J connectivity index is 2.33. The van der Waals surface area contributed by atoms with Gasteiger partial charge in [-0.3, -0.25) is 0 Å². The number of hydrogen-bond acceptors (Lipinski definition) is 5. The van der Waals surface area contributed by atoms with Gasteiger partial charge in [-0.05, 0) is 6.92 Å². The van der Waals surface area contributed by atoms with Gasteiger partial charge in [-0.15, -0.1) is 0 Å². The Morgan fingerprint density at radius 3 is 2.53 bits per heavy atom. The molecule has 1 fully saturated rings. The molecule has 0 saturated carbocycles. The summed E-state index contributed by atoms with van der Waals surface area (Å²) in [6.45, 7) is 12.7. The van der Waals surface area contributed by atoms with E-state index in [0.29, 0.717) is 0 Å². The summed E-state index contributed by atoms with van der Waals surface area (Å²) in [7, 11) is 0. The van der Waals surface area contributed by atoms with Crippen molar-refractivity contribution in [1.82, 2.24) is 9.97 Å². The summed E-state index contributed by atoms with van der Waals surface area (Å²) >= 11 is 0. The molecule has 1 aliphatic heterocycles. The third-order valence-electron chi connectivity index (χ3n) is 3.13. The number of anilines is 2. The van der Waals surface area contributed by atoms with Crippen LogP contribution < -0.4 is 10.2 Å². The third-order valence-corrected chi connectivity index (χ3v) is 3.13. The summed E-state index contributed by atoms with van der Waals surface area (Å²) in [6, 6.07) is 2.05. The van der Waals surface area contributed by atoms with Crippen LogP contribution in [0.25, 0.3) is 0 Å². The van der Waals surface area contributed by atoms with Crippen molar-refractivity contribution in [1.29, 1.82) is 0 Å². The molecule has 0 aliphatic carbocycles. The molecule has 0 atom stereocenters. The van der Waals surface area contributed by atoms with Gasteiger partial charge in [-0.1, -0.05) is 20.8 Å². The molecule has 2 rings (SSSR count). The third kappa shape index (κ3) is 3.56. The largest absolute Gasteiger partial charge is 0.378 e. The van der Waals surface area contributed by atoms with Gasteiger partial charge in [0.05, 0.1) is 18.9 Å². The second-order valence-corrected chi connectivity index (χ2v) is 5.82. The molecule has 1 saturated heterocycles. The number of morpholine rings is 1. The van der Waals surface area contributed by atoms with Crippen LogP contribution >= 0.6 is 0 Å². The van der Waals surface area contributed by atoms with Crippen LogP contribution in [0.1, 0.15) is 33.4 Å². The van der Waals surface area contributed by atoms with Crippen molar-refractivity contribution in [3.63, 3.8) is 0 Å². The zero-order valence-corrected chi connectivity index (χ0v) is 12.4. The number of aromatic nitrogens is 2. The molecule has 106 valence electrons. The van der Waals surface area contributed by atoms with E-state index in [1.165, 1.54) is 0 Å². The number of nitrogens with zero attached hydrogens (tertiary/aromatic N) is 3. The first kappa shape index (κ1) is 14.1. The number of hydrogen-bond donors (Lipinski definition) is 1. The van der Waals surface area contributed by atoms with E-state index in [4.69, 9.17) is 9.72 Å². The van der Waals surface area contributed by atoms with Gasteiger partial charge in [-0.2, -0.15) is 4.98 Å². The van der Waals surface area contributed by atoms with Crippen LogP contribution in [0, 0.1) is 0 Å². The van der Waals surface area contributed by atoms with E-state index in [2.05, 4.69) is 42.9 Å². The van der Waals surface area contributed by atoms with Crippen molar-refractivity contribution in [3.8, 4) is 0 Å². The predicted molar refractivity (Wildman–Crippen MR) is 77.9 cm³/mol. The van der Waals surface area contributed by atoms with E-state index >= 15 is 0 Å². The van der Waals surface area contributed by atoms with Gasteiger partial charge < -0.3 is 15.0 Å². The van der Waals surface area contributed by atoms with Crippen molar-refractivity contribution in [2.24, 2.45) is 0 Å². The normalized spacial score (nSPS) is 16.5. The van der Waals surface area contributed by atoms with E-state index < -0.39 is 0 Å². The highest BCUT2D eigenvalue weighted by Gasteiger charge is 2.21. The van der Waals surface area contributed by atoms with Crippen LogP contribution in [0.15, 0.2) is 6.07 Å². The number of ether oxygens (including phenoxy) is 1. The molecule has 0 spiro atoms. The monoisotopic (exact) mass is 264 g/mol. The average molecular weight is 264 g/mol. The molecule has 0 amide bonds. The lowest BCUT2D eigenvalue weighted by Crippen LogP contribution is -2.38. The summed E-state index contributed by atoms with van der Waals surface area (Å²) in [4.78, 5) is 11.5. The van der Waals surface area contributed by atoms with E-state index in [9.17, 15) is 0 Å². The molecule has 1 aliphatic rings. The van der Waals surface area contributed by atoms with E-state index in [1.807, 2.05) is 6.07 Å². The lowest BCUT2D eigenvalue weighted by molar-refractivity contribution is 0.122. The van der Waals surface area contributed by atoms with E-state index in [-0.39, 0.29) is 5.41 Å². The smallest absolute Gasteiger partial charge is 0.227 e. The van der Waals surface area contributed by atoms with Gasteiger partial charge in [0.15, 0.2) is 0 Å². The molecule has 2 heterocycles. The lowest BCUT2D eigenvalue weighted by atomic mass is 9.92. The van der Waals surface area contributed by atoms with Gasteiger partial charge in [0.1, 0.15) is 5.82 Å². The molecule has 1 N–H and O–H groups in total. The summed E-state index contributed by atoms with van der Waals surface area (Å²) < 4.78 is 5.38. The van der Waals surface area contributed by atoms with Gasteiger partial charge in [0, 0.05) is 31.1 Å². The first-order valence-corrected chi connectivity index (χ1v) is 6.97. The Hall–Kier alpha value is -1.36. The van der Waals surface area contributed by atoms with Crippen LogP contribution in [0.2, 0.25) is 0 Å². The first-order valence-electron chi connectivity index (χ1n) is 6.97. The van der Waals surface area contributed by atoms with Crippen molar-refractivity contribution < 1.29 is 4.74 Å². The Labute approximate surface area is 115 Å². The topological polar surface area (TPSA) is 50.3 Å². The summed E-state index contributed by atoms with van der Waals surface area (Å²) in [5, 5.41) is 3.29. The van der Waals surface area contributed by atoms with Crippen molar-refractivity contribution in [3.05, 3.63) is 11.8 Å². The average Bonchev–Trinajstić information content (AvgIpc) is 2.39. The summed E-state index contributed by atoms with van der Waals surface area (Å²) in [5.41, 5.74) is 1.09. The van der Waals surface area contributed by atoms with Crippen molar-refractivity contribution >= 4 is 11.8 Å². The summed E-state index contributed by atoms with van der Waals surface area (Å²) in [6.07, 6.45) is 0. The second-order valence-electron chi connectivity index (χ2n) is 5.82. The highest BCUT2D eigenvalue weighted by molar-refractivity contribution is 5.45. The van der Waals surface area contributed by atoms with Crippen LogP contribution in [-0.2, 0) is 10.2 Å². The molecule has 0 bridgehead atoms. The Morgan fingerprint density at radius 2 is 1.95 bits per heavy atom. The quantitative estimate of drug-likeness (QED) is 0.905. The molecule has 19 heavy (non-hydrogen) atoms. The Morgan fingerprint density at radius 1 is 1.26 bits per heavy atom. The van der Waals surface area contributed by atoms with E-state index in [1.54, 1.807) is 0 Å². The van der Waals surface area contributed by atoms with Crippen molar-refractivity contribution in [2.75, 3.05) is 43.1 Å². The fourth-order valence-corrected chi connectivity index (χ4v) is 2.00. The molecule has 1 aromatic rings. The Kier molecular flexibility index (Phi) is 4.24. The first-order chi connectivity index (χ1) is 9.00. The maximum atomic E-state index is 5.38. The maximum absolute atomic E-state index is 5.38. The standard InChI is InChI=1S/C14H24N4O/c1-5-15-12-10-11(14(2,3)4)16-13(17-12)18-6-8-19-9-7-18/h10H,5-9H2,1-4H3,(H,15,16,17). The highest BCUT2D eigenvalue weighted by atomic mass is 16.5. The zero-order valence-electron chi connectivity index (χ0n) is 12.4. The Bertz CT molecular complexity index is 422. The lowest BCUT2D eigenvalue weighted by Gasteiger charge is -2.28. The van der Waals surface area contributed by atoms with E-state index in [0.717, 1.165) is 50.3 Å². The molecule has 5 heteroatoms. The van der Waals surface area contributed by atoms with Gasteiger partial charge in [0.25, 0.3) is 0 Å². The zero-order chi connectivity index (χ0) is 13.9. The summed E-state index contributed by atoms with van der Waals surface area (Å²) in [5.74, 6) is 1.72. The van der Waals surface area contributed by atoms with Crippen LogP contribution in [0.4, 0.5) is 11.8 Å². The van der Waals surface area contributed by atoms with Gasteiger partial charge >= 0.3 is 0 Å². The highest BCUT2D eigenvalue weighted by Crippen LogP contribution is 2.25. The van der Waals surface area contributed by atoms with Gasteiger partial charge in [-0.25, -0.2) is 4.98 Å². The van der Waals surface area contributed by atoms with Crippen LogP contribution in [0.5, 0.6) is 0 Å². The minimum Gasteiger partial charge on any atom is -0.378 e. The molecule has 0 aromatic carbocycles. The SMILES string of the molecule is CCNc1cc(C(C)(C)C)nc(N2CCOCC2)n1. The van der Waals surface area contributed by atoms with Gasteiger partial charge in [0.2, 0.25) is 5.95 Å². The fourth-order valence-electron chi connectivity index (χ4n) is 2.00. The maximum Gasteiger partial charge on any atom is 0.227 e. The molecule has 5 nitrogen and oxygen atoms in total. The fraction of sp³-hybridized carbons (Fsp3) is 0.714. The minimum atomic E-state index is 0.0220. The van der Waals surface area contributed by atoms with Crippen LogP contribution in [-0.4, -0.2) is 42.8 Å². The van der Waals surface area contributed by atoms with Crippen molar-refractivity contribution in [2.45, 2.75) is 33.1 Å².